The lowest BCUT2D eigenvalue weighted by Gasteiger charge is -2.35. The highest BCUT2D eigenvalue weighted by Crippen LogP contribution is 2.34. The summed E-state index contributed by atoms with van der Waals surface area (Å²) in [6.07, 6.45) is 3.63. The zero-order valence-corrected chi connectivity index (χ0v) is 23.2. The number of carbonyl (C=O) groups excluding carboxylic acids is 2. The van der Waals surface area contributed by atoms with E-state index in [1.54, 1.807) is 46.2 Å². The quantitative estimate of drug-likeness (QED) is 0.452. The molecule has 3 heterocycles. The molecule has 2 N–H and O–H groups in total. The second kappa shape index (κ2) is 10.5. The summed E-state index contributed by atoms with van der Waals surface area (Å²) in [6.45, 7) is 5.27. The van der Waals surface area contributed by atoms with Crippen LogP contribution in [0.3, 0.4) is 0 Å². The van der Waals surface area contributed by atoms with Gasteiger partial charge in [-0.25, -0.2) is 14.2 Å². The Bertz CT molecular complexity index is 1490. The van der Waals surface area contributed by atoms with Crippen LogP contribution in [0.25, 0.3) is 5.65 Å². The van der Waals surface area contributed by atoms with Crippen molar-refractivity contribution < 1.29 is 23.5 Å². The van der Waals surface area contributed by atoms with E-state index in [1.165, 1.54) is 33.3 Å². The number of halogens is 1. The number of aromatic nitrogens is 4. The number of amides is 2. The van der Waals surface area contributed by atoms with Crippen molar-refractivity contribution in [2.24, 2.45) is 0 Å². The zero-order chi connectivity index (χ0) is 28.8. The van der Waals surface area contributed by atoms with Gasteiger partial charge in [0.1, 0.15) is 34.7 Å². The monoisotopic (exact) mass is 555 g/mol. The van der Waals surface area contributed by atoms with Crippen LogP contribution in [0.2, 0.25) is 0 Å². The van der Waals surface area contributed by atoms with Gasteiger partial charge in [-0.1, -0.05) is 0 Å². The first-order valence-electron chi connectivity index (χ1n) is 13.3. The Morgan fingerprint density at radius 2 is 1.98 bits per heavy atom. The third-order valence-electron chi connectivity index (χ3n) is 7.23. The number of ether oxygens (including phenoxy) is 2. The molecular weight excluding hydrogens is 521 g/mol. The van der Waals surface area contributed by atoms with Crippen molar-refractivity contribution in [2.75, 3.05) is 24.4 Å². The van der Waals surface area contributed by atoms with E-state index in [9.17, 15) is 18.8 Å². The maximum Gasteiger partial charge on any atom is 0.415 e. The minimum absolute atomic E-state index is 0.0616. The number of pyridine rings is 1. The molecule has 0 radical (unpaired) electrons. The van der Waals surface area contributed by atoms with E-state index in [0.717, 1.165) is 12.8 Å². The van der Waals surface area contributed by atoms with Gasteiger partial charge in [-0.2, -0.15) is 9.61 Å². The molecule has 2 amide bonds. The fraction of sp³-hybridized carbons (Fsp3) is 0.519. The van der Waals surface area contributed by atoms with Gasteiger partial charge in [-0.3, -0.25) is 14.5 Å². The summed E-state index contributed by atoms with van der Waals surface area (Å²) >= 11 is 0. The first-order valence-corrected chi connectivity index (χ1v) is 13.3. The standard InChI is InChI=1S/C27H34FN7O5/c1-27(2,3)40-26(38)33(4)22-13-21(30-19-7-6-10-34(25(19)37)16-11-15(28)12-16)32-23-17(14-29-35(22)23)24(36)31-18-8-9-20(18)39-5/h6-7,10,13-16,18,20H,8-9,11-12H2,1-5H3,(H,30,32)(H,31,36)/t15-,16-,18?,20-/m0/s1. The summed E-state index contributed by atoms with van der Waals surface area (Å²) < 4.78 is 27.3. The van der Waals surface area contributed by atoms with Crippen molar-refractivity contribution in [3.8, 4) is 0 Å². The number of methoxy groups -OCH3 is 1. The predicted molar refractivity (Wildman–Crippen MR) is 146 cm³/mol. The highest BCUT2D eigenvalue weighted by Gasteiger charge is 2.34. The molecule has 0 aromatic carbocycles. The number of anilines is 3. The number of carbonyl (C=O) groups is 2. The summed E-state index contributed by atoms with van der Waals surface area (Å²) in [7, 11) is 3.13. The number of alkyl halides is 1. The number of nitrogens with one attached hydrogen (secondary N) is 2. The average Bonchev–Trinajstić information content (AvgIpc) is 3.28. The number of hydrogen-bond donors (Lipinski definition) is 2. The Kier molecular flexibility index (Phi) is 7.25. The largest absolute Gasteiger partial charge is 0.443 e. The van der Waals surface area contributed by atoms with Gasteiger partial charge < -0.3 is 24.7 Å². The third-order valence-corrected chi connectivity index (χ3v) is 7.23. The van der Waals surface area contributed by atoms with Crippen LogP contribution in [0, 0.1) is 0 Å². The molecule has 3 aromatic heterocycles. The third kappa shape index (κ3) is 5.37. The molecule has 0 spiro atoms. The molecule has 2 aliphatic carbocycles. The number of rotatable bonds is 7. The van der Waals surface area contributed by atoms with Gasteiger partial charge in [0.05, 0.1) is 18.3 Å². The van der Waals surface area contributed by atoms with Crippen LogP contribution in [0.15, 0.2) is 35.4 Å². The van der Waals surface area contributed by atoms with Gasteiger partial charge in [0, 0.05) is 32.5 Å². The zero-order valence-electron chi connectivity index (χ0n) is 23.2. The van der Waals surface area contributed by atoms with Crippen molar-refractivity contribution >= 4 is 35.0 Å². The highest BCUT2D eigenvalue weighted by atomic mass is 19.1. The second-order valence-electron chi connectivity index (χ2n) is 11.2. The van der Waals surface area contributed by atoms with Crippen molar-refractivity contribution in [1.29, 1.82) is 0 Å². The van der Waals surface area contributed by atoms with Crippen LogP contribution < -0.4 is 21.1 Å². The smallest absolute Gasteiger partial charge is 0.415 e. The van der Waals surface area contributed by atoms with E-state index in [4.69, 9.17) is 9.47 Å². The lowest BCUT2D eigenvalue weighted by Crippen LogP contribution is -2.51. The van der Waals surface area contributed by atoms with Gasteiger partial charge >= 0.3 is 6.09 Å². The first-order chi connectivity index (χ1) is 18.9. The molecule has 2 atom stereocenters. The van der Waals surface area contributed by atoms with Crippen LogP contribution in [0.4, 0.5) is 26.5 Å². The Balaban J connectivity index is 1.52. The Labute approximate surface area is 230 Å². The van der Waals surface area contributed by atoms with Crippen molar-refractivity contribution in [3.63, 3.8) is 0 Å². The van der Waals surface area contributed by atoms with E-state index in [-0.39, 0.29) is 71.0 Å². The molecule has 2 fully saturated rings. The second-order valence-corrected chi connectivity index (χ2v) is 11.2. The Morgan fingerprint density at radius 1 is 1.23 bits per heavy atom. The highest BCUT2D eigenvalue weighted by molar-refractivity contribution is 6.00. The molecule has 0 saturated heterocycles. The maximum atomic E-state index is 13.5. The molecule has 214 valence electrons. The molecule has 13 heteroatoms. The maximum absolute atomic E-state index is 13.5. The van der Waals surface area contributed by atoms with Crippen molar-refractivity contribution in [1.82, 2.24) is 24.5 Å². The van der Waals surface area contributed by atoms with Gasteiger partial charge in [0.2, 0.25) is 0 Å². The van der Waals surface area contributed by atoms with Crippen LogP contribution in [0.1, 0.15) is 62.9 Å². The number of fused-ring (bicyclic) bond motifs is 1. The summed E-state index contributed by atoms with van der Waals surface area (Å²) in [5, 5.41) is 10.3. The van der Waals surface area contributed by atoms with E-state index >= 15 is 0 Å². The lowest BCUT2D eigenvalue weighted by atomic mass is 9.89. The van der Waals surface area contributed by atoms with E-state index in [1.807, 2.05) is 0 Å². The van der Waals surface area contributed by atoms with Crippen molar-refractivity contribution in [2.45, 2.75) is 76.4 Å². The molecular formula is C27H34FN7O5. The van der Waals surface area contributed by atoms with Crippen molar-refractivity contribution in [3.05, 3.63) is 46.5 Å². The minimum atomic E-state index is -0.908. The molecule has 12 nitrogen and oxygen atoms in total. The summed E-state index contributed by atoms with van der Waals surface area (Å²) in [5.41, 5.74) is -0.487. The van der Waals surface area contributed by atoms with Crippen LogP contribution in [-0.4, -0.2) is 69.2 Å². The average molecular weight is 556 g/mol. The van der Waals surface area contributed by atoms with Gasteiger partial charge in [-0.05, 0) is 58.6 Å². The molecule has 2 saturated carbocycles. The fourth-order valence-electron chi connectivity index (χ4n) is 4.78. The van der Waals surface area contributed by atoms with Crippen LogP contribution in [-0.2, 0) is 9.47 Å². The summed E-state index contributed by atoms with van der Waals surface area (Å²) in [5.74, 6) is 0.0810. The van der Waals surface area contributed by atoms with Gasteiger partial charge in [0.15, 0.2) is 5.65 Å². The molecule has 40 heavy (non-hydrogen) atoms. The van der Waals surface area contributed by atoms with Crippen LogP contribution in [0.5, 0.6) is 0 Å². The summed E-state index contributed by atoms with van der Waals surface area (Å²) in [4.78, 5) is 45.2. The van der Waals surface area contributed by atoms with Gasteiger partial charge in [-0.15, -0.1) is 0 Å². The number of nitrogens with zero attached hydrogens (tertiary/aromatic N) is 5. The van der Waals surface area contributed by atoms with E-state index < -0.39 is 17.9 Å². The number of hydrogen-bond acceptors (Lipinski definition) is 8. The van der Waals surface area contributed by atoms with E-state index in [2.05, 4.69) is 20.7 Å². The fourth-order valence-corrected chi connectivity index (χ4v) is 4.78. The molecule has 2 aliphatic rings. The van der Waals surface area contributed by atoms with Gasteiger partial charge in [0.25, 0.3) is 11.5 Å². The Morgan fingerprint density at radius 3 is 2.60 bits per heavy atom. The molecule has 1 unspecified atom stereocenters. The topological polar surface area (TPSA) is 132 Å². The minimum Gasteiger partial charge on any atom is -0.443 e. The molecule has 0 aliphatic heterocycles. The Hall–Kier alpha value is -4.00. The molecule has 0 bridgehead atoms. The van der Waals surface area contributed by atoms with E-state index in [0.29, 0.717) is 0 Å². The molecule has 3 aromatic rings. The lowest BCUT2D eigenvalue weighted by molar-refractivity contribution is 0.00732. The molecule has 5 rings (SSSR count). The normalized spacial score (nSPS) is 22.2. The SMILES string of the molecule is CO[C@H]1CCC1NC(=O)c1cnn2c(N(C)C(=O)OC(C)(C)C)cc(Nc3cccn([C@H]4C[C@H](F)C4)c3=O)nc12. The first kappa shape index (κ1) is 27.6. The predicted octanol–water partition coefficient (Wildman–Crippen LogP) is 3.59. The summed E-state index contributed by atoms with van der Waals surface area (Å²) in [6, 6.07) is 4.50. The van der Waals surface area contributed by atoms with Crippen LogP contribution >= 0.6 is 0 Å².